The Balaban J connectivity index is 1.44. The molecule has 1 aromatic carbocycles. The lowest BCUT2D eigenvalue weighted by atomic mass is 10.1. The SMILES string of the molecule is COc1cc2c(cc1OC)C(=S)N(CCCN(C)CCCc1cccs1)C2. The number of thiophene rings is 1. The molecule has 0 saturated heterocycles. The summed E-state index contributed by atoms with van der Waals surface area (Å²) in [4.78, 5) is 7.12. The van der Waals surface area contributed by atoms with Crippen LogP contribution in [0.2, 0.25) is 0 Å². The van der Waals surface area contributed by atoms with Gasteiger partial charge in [-0.05, 0) is 68.5 Å². The Kier molecular flexibility index (Phi) is 7.10. The van der Waals surface area contributed by atoms with Crippen LogP contribution in [0, 0.1) is 0 Å². The van der Waals surface area contributed by atoms with Crippen molar-refractivity contribution in [3.05, 3.63) is 45.6 Å². The van der Waals surface area contributed by atoms with Crippen molar-refractivity contribution in [2.45, 2.75) is 25.8 Å². The van der Waals surface area contributed by atoms with E-state index in [4.69, 9.17) is 21.7 Å². The van der Waals surface area contributed by atoms with E-state index in [0.717, 1.165) is 54.7 Å². The molecule has 1 aliphatic rings. The van der Waals surface area contributed by atoms with E-state index >= 15 is 0 Å². The van der Waals surface area contributed by atoms with Gasteiger partial charge in [-0.3, -0.25) is 0 Å². The maximum Gasteiger partial charge on any atom is 0.161 e. The molecule has 0 unspecified atom stereocenters. The highest BCUT2D eigenvalue weighted by Gasteiger charge is 2.26. The van der Waals surface area contributed by atoms with Gasteiger partial charge in [-0.15, -0.1) is 11.3 Å². The molecule has 3 rings (SSSR count). The number of hydrogen-bond acceptors (Lipinski definition) is 5. The monoisotopic (exact) mass is 404 g/mol. The highest BCUT2D eigenvalue weighted by atomic mass is 32.1. The Bertz CT molecular complexity index is 762. The van der Waals surface area contributed by atoms with Crippen LogP contribution in [0.5, 0.6) is 11.5 Å². The standard InChI is InChI=1S/C21H28N2O2S2/c1-22(9-4-7-17-8-5-12-27-17)10-6-11-23-15-16-13-19(24-2)20(25-3)14-18(16)21(23)26/h5,8,12-14H,4,6-7,9-11,15H2,1-3H3. The maximum atomic E-state index is 5.69. The molecule has 2 aromatic rings. The molecule has 0 spiro atoms. The summed E-state index contributed by atoms with van der Waals surface area (Å²) in [6, 6.07) is 8.41. The van der Waals surface area contributed by atoms with Gasteiger partial charge in [-0.2, -0.15) is 0 Å². The molecule has 146 valence electrons. The van der Waals surface area contributed by atoms with Gasteiger partial charge in [0.1, 0.15) is 4.99 Å². The molecular weight excluding hydrogens is 376 g/mol. The molecule has 1 aromatic heterocycles. The van der Waals surface area contributed by atoms with E-state index in [2.05, 4.69) is 40.4 Å². The summed E-state index contributed by atoms with van der Waals surface area (Å²) in [6.07, 6.45) is 3.50. The van der Waals surface area contributed by atoms with Crippen LogP contribution in [0.25, 0.3) is 0 Å². The van der Waals surface area contributed by atoms with Crippen molar-refractivity contribution in [1.82, 2.24) is 9.80 Å². The summed E-state index contributed by atoms with van der Waals surface area (Å²) in [7, 11) is 5.54. The second kappa shape index (κ2) is 9.53. The predicted octanol–water partition coefficient (Wildman–Crippen LogP) is 4.21. The second-order valence-corrected chi connectivity index (χ2v) is 8.35. The Hall–Kier alpha value is -1.63. The van der Waals surface area contributed by atoms with Gasteiger partial charge in [0, 0.05) is 23.5 Å². The minimum atomic E-state index is 0.742. The summed E-state index contributed by atoms with van der Waals surface area (Å²) >= 11 is 7.55. The third-order valence-corrected chi connectivity index (χ3v) is 6.41. The van der Waals surface area contributed by atoms with Crippen molar-refractivity contribution in [2.75, 3.05) is 40.9 Å². The van der Waals surface area contributed by atoms with Gasteiger partial charge in [-0.25, -0.2) is 0 Å². The number of hydrogen-bond donors (Lipinski definition) is 0. The van der Waals surface area contributed by atoms with Crippen molar-refractivity contribution in [2.24, 2.45) is 0 Å². The van der Waals surface area contributed by atoms with Gasteiger partial charge >= 0.3 is 0 Å². The largest absolute Gasteiger partial charge is 0.493 e. The summed E-state index contributed by atoms with van der Waals surface area (Å²) in [5, 5.41) is 2.15. The summed E-state index contributed by atoms with van der Waals surface area (Å²) in [6.45, 7) is 4.06. The van der Waals surface area contributed by atoms with E-state index in [0.29, 0.717) is 0 Å². The van der Waals surface area contributed by atoms with Crippen molar-refractivity contribution in [1.29, 1.82) is 0 Å². The summed E-state index contributed by atoms with van der Waals surface area (Å²) in [5.74, 6) is 1.51. The average molecular weight is 405 g/mol. The number of thiocarbonyl (C=S) groups is 1. The lowest BCUT2D eigenvalue weighted by Crippen LogP contribution is -2.28. The Morgan fingerprint density at radius 3 is 2.59 bits per heavy atom. The fourth-order valence-electron chi connectivity index (χ4n) is 3.50. The van der Waals surface area contributed by atoms with Crippen molar-refractivity contribution in [3.8, 4) is 11.5 Å². The Morgan fingerprint density at radius 2 is 1.89 bits per heavy atom. The van der Waals surface area contributed by atoms with Gasteiger partial charge < -0.3 is 19.3 Å². The first-order chi connectivity index (χ1) is 13.1. The molecule has 2 heterocycles. The molecular formula is C21H28N2O2S2. The molecule has 1 aliphatic heterocycles. The molecule has 0 N–H and O–H groups in total. The number of nitrogens with zero attached hydrogens (tertiary/aromatic N) is 2. The van der Waals surface area contributed by atoms with Crippen LogP contribution in [0.1, 0.15) is 28.8 Å². The van der Waals surface area contributed by atoms with Gasteiger partial charge in [-0.1, -0.05) is 18.3 Å². The third kappa shape index (κ3) is 5.00. The molecule has 0 bridgehead atoms. The van der Waals surface area contributed by atoms with E-state index < -0.39 is 0 Å². The zero-order valence-electron chi connectivity index (χ0n) is 16.4. The number of aryl methyl sites for hydroxylation is 1. The van der Waals surface area contributed by atoms with Gasteiger partial charge in [0.2, 0.25) is 0 Å². The summed E-state index contributed by atoms with van der Waals surface area (Å²) in [5.41, 5.74) is 2.33. The number of fused-ring (bicyclic) bond motifs is 1. The van der Waals surface area contributed by atoms with Crippen LogP contribution in [0.4, 0.5) is 0 Å². The molecule has 0 saturated carbocycles. The third-order valence-electron chi connectivity index (χ3n) is 5.00. The van der Waals surface area contributed by atoms with E-state index in [1.165, 1.54) is 23.3 Å². The van der Waals surface area contributed by atoms with Gasteiger partial charge in [0.15, 0.2) is 11.5 Å². The van der Waals surface area contributed by atoms with Gasteiger partial charge in [0.25, 0.3) is 0 Å². The normalized spacial score (nSPS) is 13.3. The van der Waals surface area contributed by atoms with E-state index in [9.17, 15) is 0 Å². The average Bonchev–Trinajstić information content (AvgIpc) is 3.29. The highest BCUT2D eigenvalue weighted by Crippen LogP contribution is 2.35. The Morgan fingerprint density at radius 1 is 1.15 bits per heavy atom. The van der Waals surface area contributed by atoms with Crippen LogP contribution < -0.4 is 9.47 Å². The van der Waals surface area contributed by atoms with E-state index in [1.807, 2.05) is 17.4 Å². The van der Waals surface area contributed by atoms with E-state index in [-0.39, 0.29) is 0 Å². The van der Waals surface area contributed by atoms with Crippen LogP contribution in [0.15, 0.2) is 29.6 Å². The molecule has 27 heavy (non-hydrogen) atoms. The lowest BCUT2D eigenvalue weighted by Gasteiger charge is -2.21. The quantitative estimate of drug-likeness (QED) is 0.553. The smallest absolute Gasteiger partial charge is 0.161 e. The topological polar surface area (TPSA) is 24.9 Å². The molecule has 6 heteroatoms. The highest BCUT2D eigenvalue weighted by molar-refractivity contribution is 7.80. The number of ether oxygens (including phenoxy) is 2. The zero-order chi connectivity index (χ0) is 19.2. The van der Waals surface area contributed by atoms with E-state index in [1.54, 1.807) is 14.2 Å². The molecule has 0 atom stereocenters. The van der Waals surface area contributed by atoms with Crippen LogP contribution in [-0.4, -0.2) is 55.7 Å². The Labute approximate surface area is 171 Å². The van der Waals surface area contributed by atoms with Crippen molar-refractivity contribution >= 4 is 28.5 Å². The van der Waals surface area contributed by atoms with Crippen LogP contribution >= 0.6 is 23.6 Å². The summed E-state index contributed by atoms with van der Waals surface area (Å²) < 4.78 is 10.8. The van der Waals surface area contributed by atoms with Crippen molar-refractivity contribution in [3.63, 3.8) is 0 Å². The number of rotatable bonds is 10. The van der Waals surface area contributed by atoms with Crippen LogP contribution in [-0.2, 0) is 13.0 Å². The molecule has 0 radical (unpaired) electrons. The predicted molar refractivity (Wildman–Crippen MR) is 116 cm³/mol. The number of methoxy groups -OCH3 is 2. The fourth-order valence-corrected chi connectivity index (χ4v) is 4.60. The first-order valence-electron chi connectivity index (χ1n) is 9.37. The number of benzene rings is 1. The first-order valence-corrected chi connectivity index (χ1v) is 10.7. The van der Waals surface area contributed by atoms with Gasteiger partial charge in [0.05, 0.1) is 14.2 Å². The maximum absolute atomic E-state index is 5.69. The molecule has 0 fully saturated rings. The zero-order valence-corrected chi connectivity index (χ0v) is 18.0. The minimum absolute atomic E-state index is 0.742. The molecule has 0 amide bonds. The first kappa shape index (κ1) is 20.1. The minimum Gasteiger partial charge on any atom is -0.493 e. The van der Waals surface area contributed by atoms with Crippen molar-refractivity contribution < 1.29 is 9.47 Å². The fraction of sp³-hybridized carbons (Fsp3) is 0.476. The molecule has 4 nitrogen and oxygen atoms in total. The second-order valence-electron chi connectivity index (χ2n) is 6.93. The van der Waals surface area contributed by atoms with Crippen LogP contribution in [0.3, 0.4) is 0 Å². The molecule has 0 aliphatic carbocycles. The lowest BCUT2D eigenvalue weighted by molar-refractivity contribution is 0.304.